The van der Waals surface area contributed by atoms with E-state index in [1.807, 2.05) is 25.1 Å². The molecule has 1 amide bonds. The average molecular weight is 329 g/mol. The van der Waals surface area contributed by atoms with Gasteiger partial charge in [-0.1, -0.05) is 12.1 Å². The molecule has 1 aromatic heterocycles. The van der Waals surface area contributed by atoms with Gasteiger partial charge in [0.15, 0.2) is 0 Å². The van der Waals surface area contributed by atoms with E-state index in [1.54, 1.807) is 13.0 Å². The Hall–Kier alpha value is -2.27. The third-order valence-corrected chi connectivity index (χ3v) is 4.26. The van der Waals surface area contributed by atoms with E-state index in [2.05, 4.69) is 5.32 Å². The SMILES string of the molecule is Cc1ccc(CNC(=O)c2ccoc2C)c(OCC2CCOC2)c1. The summed E-state index contributed by atoms with van der Waals surface area (Å²) in [4.78, 5) is 12.2. The Morgan fingerprint density at radius 2 is 2.21 bits per heavy atom. The van der Waals surface area contributed by atoms with Crippen LogP contribution in [0, 0.1) is 19.8 Å². The summed E-state index contributed by atoms with van der Waals surface area (Å²) < 4.78 is 16.6. The molecule has 1 atom stereocenters. The fraction of sp³-hybridized carbons (Fsp3) is 0.421. The van der Waals surface area contributed by atoms with Gasteiger partial charge >= 0.3 is 0 Å². The van der Waals surface area contributed by atoms with Crippen molar-refractivity contribution in [3.05, 3.63) is 53.0 Å². The van der Waals surface area contributed by atoms with Crippen molar-refractivity contribution in [2.75, 3.05) is 19.8 Å². The van der Waals surface area contributed by atoms with Gasteiger partial charge in [0.2, 0.25) is 0 Å². The van der Waals surface area contributed by atoms with Crippen molar-refractivity contribution in [3.8, 4) is 5.75 Å². The third-order valence-electron chi connectivity index (χ3n) is 4.26. The molecule has 1 aliphatic heterocycles. The Labute approximate surface area is 141 Å². The number of carbonyl (C=O) groups is 1. The summed E-state index contributed by atoms with van der Waals surface area (Å²) in [5.41, 5.74) is 2.66. The quantitative estimate of drug-likeness (QED) is 0.884. The zero-order valence-electron chi connectivity index (χ0n) is 14.1. The summed E-state index contributed by atoms with van der Waals surface area (Å²) >= 11 is 0. The molecule has 1 fully saturated rings. The number of ether oxygens (including phenoxy) is 2. The van der Waals surface area contributed by atoms with Crippen LogP contribution in [0.1, 0.15) is 33.7 Å². The summed E-state index contributed by atoms with van der Waals surface area (Å²) in [7, 11) is 0. The fourth-order valence-corrected chi connectivity index (χ4v) is 2.76. The molecule has 2 heterocycles. The third kappa shape index (κ3) is 3.97. The van der Waals surface area contributed by atoms with Gasteiger partial charge in [0.05, 0.1) is 25.0 Å². The summed E-state index contributed by atoms with van der Waals surface area (Å²) in [6, 6.07) is 7.71. The molecule has 1 N–H and O–H groups in total. The number of carbonyl (C=O) groups excluding carboxylic acids is 1. The van der Waals surface area contributed by atoms with E-state index in [0.29, 0.717) is 30.4 Å². The predicted octanol–water partition coefficient (Wildman–Crippen LogP) is 3.24. The van der Waals surface area contributed by atoms with Crippen molar-refractivity contribution in [1.82, 2.24) is 5.32 Å². The van der Waals surface area contributed by atoms with Crippen LogP contribution in [0.3, 0.4) is 0 Å². The van der Waals surface area contributed by atoms with Crippen LogP contribution in [0.2, 0.25) is 0 Å². The number of hydrogen-bond donors (Lipinski definition) is 1. The summed E-state index contributed by atoms with van der Waals surface area (Å²) in [5, 5.41) is 2.93. The molecule has 24 heavy (non-hydrogen) atoms. The van der Waals surface area contributed by atoms with E-state index in [9.17, 15) is 4.79 Å². The number of benzene rings is 1. The first kappa shape index (κ1) is 16.6. The van der Waals surface area contributed by atoms with Crippen LogP contribution in [0.4, 0.5) is 0 Å². The van der Waals surface area contributed by atoms with Gasteiger partial charge in [-0.25, -0.2) is 0 Å². The standard InChI is InChI=1S/C19H23NO4/c1-13-3-4-16(10-20-19(21)17-6-8-23-14(17)2)18(9-13)24-12-15-5-7-22-11-15/h3-4,6,8-9,15H,5,7,10-12H2,1-2H3,(H,20,21). The fourth-order valence-electron chi connectivity index (χ4n) is 2.76. The minimum atomic E-state index is -0.142. The van der Waals surface area contributed by atoms with E-state index in [4.69, 9.17) is 13.9 Å². The van der Waals surface area contributed by atoms with Crippen LogP contribution >= 0.6 is 0 Å². The Morgan fingerprint density at radius 1 is 1.33 bits per heavy atom. The molecule has 0 spiro atoms. The molecule has 0 saturated carbocycles. The molecule has 0 aliphatic carbocycles. The van der Waals surface area contributed by atoms with E-state index in [0.717, 1.165) is 36.5 Å². The second-order valence-corrected chi connectivity index (χ2v) is 6.22. The second kappa shape index (κ2) is 7.53. The number of rotatable bonds is 6. The van der Waals surface area contributed by atoms with Crippen LogP contribution in [-0.2, 0) is 11.3 Å². The van der Waals surface area contributed by atoms with Gasteiger partial charge < -0.3 is 19.2 Å². The zero-order chi connectivity index (χ0) is 16.9. The monoisotopic (exact) mass is 329 g/mol. The van der Waals surface area contributed by atoms with Gasteiger partial charge in [0, 0.05) is 24.6 Å². The van der Waals surface area contributed by atoms with Crippen molar-refractivity contribution < 1.29 is 18.7 Å². The number of hydrogen-bond acceptors (Lipinski definition) is 4. The molecule has 3 rings (SSSR count). The van der Waals surface area contributed by atoms with Crippen LogP contribution in [-0.4, -0.2) is 25.7 Å². The predicted molar refractivity (Wildman–Crippen MR) is 90.2 cm³/mol. The first-order valence-electron chi connectivity index (χ1n) is 8.26. The highest BCUT2D eigenvalue weighted by Crippen LogP contribution is 2.23. The molecular weight excluding hydrogens is 306 g/mol. The Bertz CT molecular complexity index is 701. The van der Waals surface area contributed by atoms with Crippen molar-refractivity contribution in [2.45, 2.75) is 26.8 Å². The van der Waals surface area contributed by atoms with Crippen molar-refractivity contribution in [1.29, 1.82) is 0 Å². The lowest BCUT2D eigenvalue weighted by molar-refractivity contribution is 0.0949. The molecule has 0 bridgehead atoms. The lowest BCUT2D eigenvalue weighted by Gasteiger charge is -2.15. The Kier molecular flexibility index (Phi) is 5.20. The highest BCUT2D eigenvalue weighted by Gasteiger charge is 2.17. The van der Waals surface area contributed by atoms with E-state index in [1.165, 1.54) is 6.26 Å². The summed E-state index contributed by atoms with van der Waals surface area (Å²) in [6.07, 6.45) is 2.56. The van der Waals surface area contributed by atoms with Crippen molar-refractivity contribution in [2.24, 2.45) is 5.92 Å². The summed E-state index contributed by atoms with van der Waals surface area (Å²) in [6.45, 7) is 6.44. The van der Waals surface area contributed by atoms with E-state index >= 15 is 0 Å². The van der Waals surface area contributed by atoms with Gasteiger partial charge in [-0.05, 0) is 38.0 Å². The smallest absolute Gasteiger partial charge is 0.255 e. The lowest BCUT2D eigenvalue weighted by atomic mass is 10.1. The van der Waals surface area contributed by atoms with E-state index in [-0.39, 0.29) is 5.91 Å². The highest BCUT2D eigenvalue weighted by atomic mass is 16.5. The first-order chi connectivity index (χ1) is 11.6. The maximum Gasteiger partial charge on any atom is 0.255 e. The molecule has 0 radical (unpaired) electrons. The van der Waals surface area contributed by atoms with Gasteiger partial charge in [-0.3, -0.25) is 4.79 Å². The number of nitrogens with one attached hydrogen (secondary N) is 1. The normalized spacial score (nSPS) is 17.0. The maximum absolute atomic E-state index is 12.2. The topological polar surface area (TPSA) is 60.7 Å². The second-order valence-electron chi connectivity index (χ2n) is 6.22. The van der Waals surface area contributed by atoms with E-state index < -0.39 is 0 Å². The largest absolute Gasteiger partial charge is 0.493 e. The molecule has 128 valence electrons. The van der Waals surface area contributed by atoms with Crippen LogP contribution in [0.25, 0.3) is 0 Å². The van der Waals surface area contributed by atoms with Crippen molar-refractivity contribution in [3.63, 3.8) is 0 Å². The zero-order valence-corrected chi connectivity index (χ0v) is 14.1. The molecule has 5 heteroatoms. The maximum atomic E-state index is 12.2. The number of amides is 1. The Balaban J connectivity index is 1.63. The molecule has 1 unspecified atom stereocenters. The van der Waals surface area contributed by atoms with Crippen LogP contribution in [0.15, 0.2) is 34.9 Å². The van der Waals surface area contributed by atoms with Gasteiger partial charge in [-0.15, -0.1) is 0 Å². The van der Waals surface area contributed by atoms with Crippen molar-refractivity contribution >= 4 is 5.91 Å². The van der Waals surface area contributed by atoms with Gasteiger partial charge in [0.1, 0.15) is 11.5 Å². The molecule has 5 nitrogen and oxygen atoms in total. The highest BCUT2D eigenvalue weighted by molar-refractivity contribution is 5.95. The number of furan rings is 1. The average Bonchev–Trinajstić information content (AvgIpc) is 3.23. The van der Waals surface area contributed by atoms with Crippen LogP contribution in [0.5, 0.6) is 5.75 Å². The molecule has 1 aliphatic rings. The van der Waals surface area contributed by atoms with Gasteiger partial charge in [0.25, 0.3) is 5.91 Å². The van der Waals surface area contributed by atoms with Crippen LogP contribution < -0.4 is 10.1 Å². The summed E-state index contributed by atoms with van der Waals surface area (Å²) in [5.74, 6) is 1.75. The number of aryl methyl sites for hydroxylation is 2. The minimum Gasteiger partial charge on any atom is -0.493 e. The minimum absolute atomic E-state index is 0.142. The Morgan fingerprint density at radius 3 is 2.92 bits per heavy atom. The molecule has 2 aromatic rings. The lowest BCUT2D eigenvalue weighted by Crippen LogP contribution is -2.23. The van der Waals surface area contributed by atoms with Gasteiger partial charge in [-0.2, -0.15) is 0 Å². The molecule has 1 saturated heterocycles. The molecule has 1 aromatic carbocycles. The molecular formula is C19H23NO4. The first-order valence-corrected chi connectivity index (χ1v) is 8.26.